The molecule has 0 aliphatic carbocycles. The van der Waals surface area contributed by atoms with Crippen molar-refractivity contribution >= 4 is 0 Å². The van der Waals surface area contributed by atoms with Gasteiger partial charge in [0.1, 0.15) is 11.5 Å². The average molecular weight is 253 g/mol. The molecular formula is C14H23NO3. The van der Waals surface area contributed by atoms with Gasteiger partial charge in [0.15, 0.2) is 0 Å². The second-order valence-electron chi connectivity index (χ2n) is 5.43. The van der Waals surface area contributed by atoms with E-state index in [1.165, 1.54) is 0 Å². The van der Waals surface area contributed by atoms with Crippen LogP contribution >= 0.6 is 0 Å². The summed E-state index contributed by atoms with van der Waals surface area (Å²) in [5, 5.41) is 23.0. The number of benzene rings is 1. The van der Waals surface area contributed by atoms with Crippen LogP contribution < -0.4 is 10.1 Å². The smallest absolute Gasteiger partial charge is 0.125 e. The van der Waals surface area contributed by atoms with Gasteiger partial charge < -0.3 is 20.3 Å². The standard InChI is InChI=1S/C14H23NO3/c1-14(2,3)10-7-13(18-5)9(6-11(10)16)12(17)8-15-4/h6-7,12,15-17H,8H2,1-5H3. The molecule has 0 radical (unpaired) electrons. The summed E-state index contributed by atoms with van der Waals surface area (Å²) in [6, 6.07) is 3.38. The van der Waals surface area contributed by atoms with Crippen LogP contribution in [0.5, 0.6) is 11.5 Å². The summed E-state index contributed by atoms with van der Waals surface area (Å²) < 4.78 is 5.30. The van der Waals surface area contributed by atoms with Gasteiger partial charge in [-0.3, -0.25) is 0 Å². The molecule has 0 aliphatic rings. The fourth-order valence-electron chi connectivity index (χ4n) is 1.93. The highest BCUT2D eigenvalue weighted by molar-refractivity contribution is 5.49. The number of hydrogen-bond donors (Lipinski definition) is 3. The quantitative estimate of drug-likeness (QED) is 0.767. The van der Waals surface area contributed by atoms with Gasteiger partial charge in [0.2, 0.25) is 0 Å². The molecule has 0 heterocycles. The second kappa shape index (κ2) is 5.59. The van der Waals surface area contributed by atoms with Gasteiger partial charge >= 0.3 is 0 Å². The van der Waals surface area contributed by atoms with Crippen LogP contribution in [0, 0.1) is 0 Å². The summed E-state index contributed by atoms with van der Waals surface area (Å²) >= 11 is 0. The van der Waals surface area contributed by atoms with E-state index in [0.717, 1.165) is 5.56 Å². The Bertz CT molecular complexity index is 410. The Morgan fingerprint density at radius 3 is 2.39 bits per heavy atom. The van der Waals surface area contributed by atoms with E-state index in [4.69, 9.17) is 4.74 Å². The van der Waals surface area contributed by atoms with Gasteiger partial charge in [-0.2, -0.15) is 0 Å². The van der Waals surface area contributed by atoms with E-state index in [-0.39, 0.29) is 11.2 Å². The lowest BCUT2D eigenvalue weighted by Crippen LogP contribution is -2.18. The van der Waals surface area contributed by atoms with Gasteiger partial charge in [0.25, 0.3) is 0 Å². The molecule has 1 aromatic rings. The highest BCUT2D eigenvalue weighted by Gasteiger charge is 2.23. The molecule has 102 valence electrons. The number of phenolic OH excluding ortho intramolecular Hbond substituents is 1. The van der Waals surface area contributed by atoms with Crippen molar-refractivity contribution in [1.29, 1.82) is 0 Å². The van der Waals surface area contributed by atoms with Crippen LogP contribution in [0.15, 0.2) is 12.1 Å². The number of aliphatic hydroxyl groups excluding tert-OH is 1. The molecule has 1 rings (SSSR count). The van der Waals surface area contributed by atoms with Gasteiger partial charge in [0, 0.05) is 17.7 Å². The molecular weight excluding hydrogens is 230 g/mol. The molecule has 1 atom stereocenters. The number of phenols is 1. The van der Waals surface area contributed by atoms with Crippen LogP contribution in [-0.4, -0.2) is 30.9 Å². The van der Waals surface area contributed by atoms with E-state index < -0.39 is 6.10 Å². The number of ether oxygens (including phenoxy) is 1. The van der Waals surface area contributed by atoms with Gasteiger partial charge in [-0.15, -0.1) is 0 Å². The molecule has 0 spiro atoms. The number of nitrogens with one attached hydrogen (secondary N) is 1. The van der Waals surface area contributed by atoms with Crippen LogP contribution in [0.4, 0.5) is 0 Å². The van der Waals surface area contributed by atoms with Crippen molar-refractivity contribution in [1.82, 2.24) is 5.32 Å². The lowest BCUT2D eigenvalue weighted by molar-refractivity contribution is 0.173. The minimum Gasteiger partial charge on any atom is -0.508 e. The maximum absolute atomic E-state index is 10.1. The molecule has 0 aliphatic heterocycles. The second-order valence-corrected chi connectivity index (χ2v) is 5.43. The Hall–Kier alpha value is -1.26. The highest BCUT2D eigenvalue weighted by Crippen LogP contribution is 2.38. The third kappa shape index (κ3) is 3.15. The SMILES string of the molecule is CNCC(O)c1cc(O)c(C(C)(C)C)cc1OC. The first-order valence-corrected chi connectivity index (χ1v) is 6.05. The summed E-state index contributed by atoms with van der Waals surface area (Å²) in [5.41, 5.74) is 1.22. The van der Waals surface area contributed by atoms with Crippen molar-refractivity contribution < 1.29 is 14.9 Å². The summed E-state index contributed by atoms with van der Waals surface area (Å²) in [7, 11) is 3.33. The van der Waals surface area contributed by atoms with Gasteiger partial charge in [-0.05, 0) is 24.6 Å². The maximum atomic E-state index is 10.1. The fraction of sp³-hybridized carbons (Fsp3) is 0.571. The van der Waals surface area contributed by atoms with Crippen LogP contribution in [0.25, 0.3) is 0 Å². The molecule has 4 heteroatoms. The summed E-state index contributed by atoms with van der Waals surface area (Å²) in [5.74, 6) is 0.786. The van der Waals surface area contributed by atoms with E-state index in [9.17, 15) is 10.2 Å². The lowest BCUT2D eigenvalue weighted by atomic mass is 9.85. The molecule has 4 nitrogen and oxygen atoms in total. The molecule has 18 heavy (non-hydrogen) atoms. The van der Waals surface area contributed by atoms with Crippen molar-refractivity contribution in [3.63, 3.8) is 0 Å². The Kier molecular flexibility index (Phi) is 4.59. The van der Waals surface area contributed by atoms with Gasteiger partial charge in [-0.25, -0.2) is 0 Å². The van der Waals surface area contributed by atoms with Crippen molar-refractivity contribution in [3.8, 4) is 11.5 Å². The predicted molar refractivity (Wildman–Crippen MR) is 72.2 cm³/mol. The first kappa shape index (κ1) is 14.8. The normalized spacial score (nSPS) is 13.4. The minimum absolute atomic E-state index is 0.177. The number of likely N-dealkylation sites (N-methyl/N-ethyl adjacent to an activating group) is 1. The average Bonchev–Trinajstić information content (AvgIpc) is 2.27. The largest absolute Gasteiger partial charge is 0.508 e. The van der Waals surface area contributed by atoms with Crippen molar-refractivity contribution in [3.05, 3.63) is 23.3 Å². The van der Waals surface area contributed by atoms with E-state index in [1.807, 2.05) is 20.8 Å². The third-order valence-corrected chi connectivity index (χ3v) is 2.91. The predicted octanol–water partition coefficient (Wildman–Crippen LogP) is 1.95. The lowest BCUT2D eigenvalue weighted by Gasteiger charge is -2.23. The third-order valence-electron chi connectivity index (χ3n) is 2.91. The molecule has 3 N–H and O–H groups in total. The Morgan fingerprint density at radius 2 is 1.94 bits per heavy atom. The molecule has 1 aromatic carbocycles. The van der Waals surface area contributed by atoms with Crippen molar-refractivity contribution in [2.45, 2.75) is 32.3 Å². The summed E-state index contributed by atoms with van der Waals surface area (Å²) in [6.07, 6.45) is -0.704. The number of aromatic hydroxyl groups is 1. The van der Waals surface area contributed by atoms with Gasteiger partial charge in [0.05, 0.1) is 13.2 Å². The monoisotopic (exact) mass is 253 g/mol. The topological polar surface area (TPSA) is 61.7 Å². The van der Waals surface area contributed by atoms with Gasteiger partial charge in [-0.1, -0.05) is 20.8 Å². The van der Waals surface area contributed by atoms with E-state index >= 15 is 0 Å². The van der Waals surface area contributed by atoms with Crippen molar-refractivity contribution in [2.75, 3.05) is 20.7 Å². The van der Waals surface area contributed by atoms with E-state index in [2.05, 4.69) is 5.32 Å². The first-order chi connectivity index (χ1) is 8.31. The zero-order valence-electron chi connectivity index (χ0n) is 11.7. The first-order valence-electron chi connectivity index (χ1n) is 6.05. The minimum atomic E-state index is -0.704. The van der Waals surface area contributed by atoms with Crippen LogP contribution in [-0.2, 0) is 5.41 Å². The zero-order chi connectivity index (χ0) is 13.9. The number of rotatable bonds is 4. The Morgan fingerprint density at radius 1 is 1.33 bits per heavy atom. The molecule has 0 fully saturated rings. The molecule has 0 bridgehead atoms. The Balaban J connectivity index is 3.27. The van der Waals surface area contributed by atoms with Crippen LogP contribution in [0.2, 0.25) is 0 Å². The molecule has 0 saturated carbocycles. The molecule has 0 aromatic heterocycles. The molecule has 0 amide bonds. The number of hydrogen-bond acceptors (Lipinski definition) is 4. The molecule has 1 unspecified atom stereocenters. The summed E-state index contributed by atoms with van der Waals surface area (Å²) in [6.45, 7) is 6.46. The Labute approximate surface area is 109 Å². The number of aliphatic hydroxyl groups is 1. The highest BCUT2D eigenvalue weighted by atomic mass is 16.5. The van der Waals surface area contributed by atoms with E-state index in [1.54, 1.807) is 26.3 Å². The molecule has 0 saturated heterocycles. The number of methoxy groups -OCH3 is 1. The summed E-state index contributed by atoms with van der Waals surface area (Å²) in [4.78, 5) is 0. The maximum Gasteiger partial charge on any atom is 0.125 e. The fourth-order valence-corrected chi connectivity index (χ4v) is 1.93. The van der Waals surface area contributed by atoms with Crippen molar-refractivity contribution in [2.24, 2.45) is 0 Å². The van der Waals surface area contributed by atoms with Crippen LogP contribution in [0.3, 0.4) is 0 Å². The zero-order valence-corrected chi connectivity index (χ0v) is 11.7. The van der Waals surface area contributed by atoms with E-state index in [0.29, 0.717) is 17.9 Å². The van der Waals surface area contributed by atoms with Crippen LogP contribution in [0.1, 0.15) is 38.0 Å².